The van der Waals surface area contributed by atoms with E-state index >= 15 is 0 Å². The van der Waals surface area contributed by atoms with E-state index < -0.39 is 0 Å². The number of hydrogen-bond donors (Lipinski definition) is 1. The Labute approximate surface area is 152 Å². The van der Waals surface area contributed by atoms with Crippen LogP contribution in [0.4, 0.5) is 0 Å². The highest BCUT2D eigenvalue weighted by Gasteiger charge is 2.25. The molecule has 6 heteroatoms. The van der Waals surface area contributed by atoms with Crippen molar-refractivity contribution in [1.82, 2.24) is 20.4 Å². The molecule has 3 rings (SSSR count). The minimum absolute atomic E-state index is 0.0703. The van der Waals surface area contributed by atoms with Gasteiger partial charge in [0.1, 0.15) is 6.04 Å². The summed E-state index contributed by atoms with van der Waals surface area (Å²) in [7, 11) is 0. The standard InChI is InChI=1S/C20H22N4O2/c1-13(2)18(22-17(25)11-15-8-5-4-7-14(15)3)20-23-19(24-26-20)16-9-6-10-21-12-16/h4-10,12-13,18H,11H2,1-3H3,(H,22,25). The molecule has 134 valence electrons. The van der Waals surface area contributed by atoms with Crippen molar-refractivity contribution in [2.45, 2.75) is 33.2 Å². The number of pyridine rings is 1. The molecule has 3 aromatic rings. The molecule has 2 heterocycles. The summed E-state index contributed by atoms with van der Waals surface area (Å²) < 4.78 is 5.41. The van der Waals surface area contributed by atoms with E-state index in [1.165, 1.54) is 0 Å². The lowest BCUT2D eigenvalue weighted by Gasteiger charge is -2.18. The zero-order chi connectivity index (χ0) is 18.5. The summed E-state index contributed by atoms with van der Waals surface area (Å²) in [6.07, 6.45) is 3.68. The number of aromatic nitrogens is 3. The Morgan fingerprint density at radius 1 is 1.19 bits per heavy atom. The Balaban J connectivity index is 1.74. The third-order valence-corrected chi connectivity index (χ3v) is 4.22. The summed E-state index contributed by atoms with van der Waals surface area (Å²) >= 11 is 0. The van der Waals surface area contributed by atoms with Gasteiger partial charge in [0.25, 0.3) is 0 Å². The third kappa shape index (κ3) is 4.14. The molecule has 0 radical (unpaired) electrons. The van der Waals surface area contributed by atoms with Gasteiger partial charge < -0.3 is 9.84 Å². The van der Waals surface area contributed by atoms with E-state index in [1.54, 1.807) is 12.4 Å². The zero-order valence-electron chi connectivity index (χ0n) is 15.1. The Morgan fingerprint density at radius 2 is 2.00 bits per heavy atom. The second kappa shape index (κ2) is 7.91. The predicted octanol–water partition coefficient (Wildman–Crippen LogP) is 3.50. The first-order valence-electron chi connectivity index (χ1n) is 8.62. The van der Waals surface area contributed by atoms with Crippen LogP contribution in [0.2, 0.25) is 0 Å². The monoisotopic (exact) mass is 350 g/mol. The molecule has 1 amide bonds. The molecule has 1 N–H and O–H groups in total. The molecule has 0 aliphatic rings. The highest BCUT2D eigenvalue weighted by Crippen LogP contribution is 2.23. The lowest BCUT2D eigenvalue weighted by Crippen LogP contribution is -2.33. The van der Waals surface area contributed by atoms with E-state index in [1.807, 2.05) is 57.2 Å². The molecule has 0 saturated heterocycles. The van der Waals surface area contributed by atoms with Crippen LogP contribution in [0.5, 0.6) is 0 Å². The second-order valence-corrected chi connectivity index (χ2v) is 6.59. The van der Waals surface area contributed by atoms with Crippen molar-refractivity contribution in [2.75, 3.05) is 0 Å². The number of nitrogens with one attached hydrogen (secondary N) is 1. The number of aryl methyl sites for hydroxylation is 1. The van der Waals surface area contributed by atoms with Crippen LogP contribution in [0.15, 0.2) is 53.3 Å². The number of rotatable bonds is 6. The molecule has 1 atom stereocenters. The fraction of sp³-hybridized carbons (Fsp3) is 0.300. The average Bonchev–Trinajstić information content (AvgIpc) is 3.12. The third-order valence-electron chi connectivity index (χ3n) is 4.22. The van der Waals surface area contributed by atoms with Crippen molar-refractivity contribution >= 4 is 5.91 Å². The molecule has 0 aliphatic heterocycles. The minimum Gasteiger partial charge on any atom is -0.344 e. The van der Waals surface area contributed by atoms with E-state index in [-0.39, 0.29) is 17.9 Å². The topological polar surface area (TPSA) is 80.9 Å². The van der Waals surface area contributed by atoms with Crippen LogP contribution < -0.4 is 5.32 Å². The van der Waals surface area contributed by atoms with Crippen LogP contribution in [0.1, 0.15) is 36.9 Å². The van der Waals surface area contributed by atoms with Crippen LogP contribution in [-0.4, -0.2) is 21.0 Å². The van der Waals surface area contributed by atoms with Crippen molar-refractivity contribution < 1.29 is 9.32 Å². The maximum absolute atomic E-state index is 12.5. The normalized spacial score (nSPS) is 12.2. The van der Waals surface area contributed by atoms with Crippen molar-refractivity contribution in [2.24, 2.45) is 5.92 Å². The van der Waals surface area contributed by atoms with E-state index in [2.05, 4.69) is 20.4 Å². The summed E-state index contributed by atoms with van der Waals surface area (Å²) in [6, 6.07) is 11.2. The van der Waals surface area contributed by atoms with Crippen LogP contribution >= 0.6 is 0 Å². The van der Waals surface area contributed by atoms with Crippen molar-refractivity contribution in [3.63, 3.8) is 0 Å². The van der Waals surface area contributed by atoms with E-state index in [0.717, 1.165) is 16.7 Å². The van der Waals surface area contributed by atoms with Crippen LogP contribution in [0, 0.1) is 12.8 Å². The SMILES string of the molecule is Cc1ccccc1CC(=O)NC(c1nc(-c2cccnc2)no1)C(C)C. The summed E-state index contributed by atoms with van der Waals surface area (Å²) in [6.45, 7) is 6.01. The van der Waals surface area contributed by atoms with Gasteiger partial charge in [-0.05, 0) is 36.1 Å². The average molecular weight is 350 g/mol. The van der Waals surface area contributed by atoms with Gasteiger partial charge in [0.15, 0.2) is 0 Å². The van der Waals surface area contributed by atoms with Crippen LogP contribution in [0.25, 0.3) is 11.4 Å². The Morgan fingerprint density at radius 3 is 2.69 bits per heavy atom. The highest BCUT2D eigenvalue weighted by atomic mass is 16.5. The second-order valence-electron chi connectivity index (χ2n) is 6.59. The van der Waals surface area contributed by atoms with Gasteiger partial charge in [0, 0.05) is 18.0 Å². The predicted molar refractivity (Wildman–Crippen MR) is 98.1 cm³/mol. The highest BCUT2D eigenvalue weighted by molar-refractivity contribution is 5.79. The Bertz CT molecular complexity index is 874. The molecule has 2 aromatic heterocycles. The molecule has 0 aliphatic carbocycles. The summed E-state index contributed by atoms with van der Waals surface area (Å²) in [5.41, 5.74) is 2.88. The van der Waals surface area contributed by atoms with Gasteiger partial charge in [0.2, 0.25) is 17.6 Å². The number of nitrogens with zero attached hydrogens (tertiary/aromatic N) is 3. The maximum Gasteiger partial charge on any atom is 0.249 e. The first kappa shape index (κ1) is 17.8. The lowest BCUT2D eigenvalue weighted by atomic mass is 10.0. The van der Waals surface area contributed by atoms with Gasteiger partial charge in [-0.15, -0.1) is 0 Å². The molecule has 1 unspecified atom stereocenters. The van der Waals surface area contributed by atoms with Crippen molar-refractivity contribution in [3.8, 4) is 11.4 Å². The van der Waals surface area contributed by atoms with E-state index in [4.69, 9.17) is 4.52 Å². The molecule has 0 spiro atoms. The lowest BCUT2D eigenvalue weighted by molar-refractivity contribution is -0.121. The maximum atomic E-state index is 12.5. The minimum atomic E-state index is -0.343. The number of carbonyl (C=O) groups is 1. The molecule has 0 saturated carbocycles. The molecule has 0 bridgehead atoms. The van der Waals surface area contributed by atoms with E-state index in [0.29, 0.717) is 18.1 Å². The van der Waals surface area contributed by atoms with Gasteiger partial charge >= 0.3 is 0 Å². The fourth-order valence-corrected chi connectivity index (χ4v) is 2.69. The van der Waals surface area contributed by atoms with Gasteiger partial charge in [-0.1, -0.05) is 43.3 Å². The number of carbonyl (C=O) groups excluding carboxylic acids is 1. The number of benzene rings is 1. The first-order valence-corrected chi connectivity index (χ1v) is 8.62. The zero-order valence-corrected chi connectivity index (χ0v) is 15.1. The van der Waals surface area contributed by atoms with Crippen LogP contribution in [-0.2, 0) is 11.2 Å². The largest absolute Gasteiger partial charge is 0.344 e. The quantitative estimate of drug-likeness (QED) is 0.736. The van der Waals surface area contributed by atoms with Crippen molar-refractivity contribution in [1.29, 1.82) is 0 Å². The molecule has 1 aromatic carbocycles. The summed E-state index contributed by atoms with van der Waals surface area (Å²) in [5.74, 6) is 0.904. The van der Waals surface area contributed by atoms with Gasteiger partial charge in [-0.3, -0.25) is 9.78 Å². The first-order chi connectivity index (χ1) is 12.5. The van der Waals surface area contributed by atoms with Crippen LogP contribution in [0.3, 0.4) is 0 Å². The smallest absolute Gasteiger partial charge is 0.249 e. The number of amides is 1. The molecule has 0 fully saturated rings. The Hall–Kier alpha value is -3.02. The van der Waals surface area contributed by atoms with Crippen molar-refractivity contribution in [3.05, 3.63) is 65.8 Å². The molecule has 6 nitrogen and oxygen atoms in total. The molecular formula is C20H22N4O2. The van der Waals surface area contributed by atoms with Gasteiger partial charge in [-0.2, -0.15) is 4.98 Å². The molecular weight excluding hydrogens is 328 g/mol. The summed E-state index contributed by atoms with van der Waals surface area (Å²) in [5, 5.41) is 7.04. The summed E-state index contributed by atoms with van der Waals surface area (Å²) in [4.78, 5) is 21.0. The molecule has 26 heavy (non-hydrogen) atoms. The Kier molecular flexibility index (Phi) is 5.41. The number of hydrogen-bond acceptors (Lipinski definition) is 5. The van der Waals surface area contributed by atoms with E-state index in [9.17, 15) is 4.79 Å². The van der Waals surface area contributed by atoms with Gasteiger partial charge in [-0.25, -0.2) is 0 Å². The fourth-order valence-electron chi connectivity index (χ4n) is 2.69. The van der Waals surface area contributed by atoms with Gasteiger partial charge in [0.05, 0.1) is 6.42 Å².